The highest BCUT2D eigenvalue weighted by Gasteiger charge is 2.17. The number of carbonyl (C=O) groups is 1. The molecule has 1 amide bonds. The van der Waals surface area contributed by atoms with Gasteiger partial charge in [-0.2, -0.15) is 0 Å². The van der Waals surface area contributed by atoms with Crippen LogP contribution in [0.2, 0.25) is 0 Å². The summed E-state index contributed by atoms with van der Waals surface area (Å²) in [4.78, 5) is 12.3. The molecule has 0 aliphatic rings. The van der Waals surface area contributed by atoms with Crippen LogP contribution in [0.4, 0.5) is 5.69 Å². The van der Waals surface area contributed by atoms with Crippen molar-refractivity contribution >= 4 is 21.6 Å². The van der Waals surface area contributed by atoms with E-state index >= 15 is 0 Å². The Morgan fingerprint density at radius 1 is 1.00 bits per heavy atom. The molecule has 0 saturated heterocycles. The van der Waals surface area contributed by atoms with Crippen LogP contribution in [0, 0.1) is 13.8 Å². The molecule has 140 valence electrons. The first kappa shape index (κ1) is 20.0. The molecule has 0 aliphatic carbocycles. The summed E-state index contributed by atoms with van der Waals surface area (Å²) in [6, 6.07) is 11.8. The summed E-state index contributed by atoms with van der Waals surface area (Å²) in [5.74, 6) is -0.148. The molecular formula is C20H26N2O3S. The van der Waals surface area contributed by atoms with E-state index in [4.69, 9.17) is 0 Å². The highest BCUT2D eigenvalue weighted by atomic mass is 32.2. The van der Waals surface area contributed by atoms with Crippen molar-refractivity contribution in [1.82, 2.24) is 5.32 Å². The number of unbranched alkanes of at least 4 members (excludes halogenated alkanes) is 2. The average molecular weight is 375 g/mol. The largest absolute Gasteiger partial charge is 0.352 e. The smallest absolute Gasteiger partial charge is 0.262 e. The Hall–Kier alpha value is -2.34. The predicted octanol–water partition coefficient (Wildman–Crippen LogP) is 4.02. The van der Waals surface area contributed by atoms with Crippen LogP contribution in [0.15, 0.2) is 47.4 Å². The fraction of sp³-hybridized carbons (Fsp3) is 0.350. The molecule has 0 heterocycles. The van der Waals surface area contributed by atoms with Crippen molar-refractivity contribution in [2.45, 2.75) is 44.9 Å². The molecule has 6 heteroatoms. The second-order valence-electron chi connectivity index (χ2n) is 6.41. The van der Waals surface area contributed by atoms with Gasteiger partial charge >= 0.3 is 0 Å². The molecule has 26 heavy (non-hydrogen) atoms. The van der Waals surface area contributed by atoms with Gasteiger partial charge in [0.25, 0.3) is 15.9 Å². The molecule has 2 aromatic carbocycles. The normalized spacial score (nSPS) is 11.2. The van der Waals surface area contributed by atoms with Crippen LogP contribution < -0.4 is 10.0 Å². The molecule has 0 radical (unpaired) electrons. The fourth-order valence-corrected chi connectivity index (χ4v) is 3.96. The van der Waals surface area contributed by atoms with E-state index in [1.54, 1.807) is 43.3 Å². The Balaban J connectivity index is 2.06. The number of hydrogen-bond donors (Lipinski definition) is 2. The minimum atomic E-state index is -3.67. The highest BCUT2D eigenvalue weighted by molar-refractivity contribution is 7.92. The number of anilines is 1. The molecule has 2 rings (SSSR count). The molecule has 0 bridgehead atoms. The van der Waals surface area contributed by atoms with Crippen LogP contribution in [0.1, 0.15) is 47.7 Å². The average Bonchev–Trinajstić information content (AvgIpc) is 2.61. The van der Waals surface area contributed by atoms with Crippen LogP contribution in [-0.4, -0.2) is 20.9 Å². The van der Waals surface area contributed by atoms with E-state index in [0.717, 1.165) is 24.8 Å². The molecule has 0 atom stereocenters. The van der Waals surface area contributed by atoms with Gasteiger partial charge in [0, 0.05) is 17.8 Å². The van der Waals surface area contributed by atoms with Gasteiger partial charge in [0.05, 0.1) is 4.90 Å². The highest BCUT2D eigenvalue weighted by Crippen LogP contribution is 2.21. The van der Waals surface area contributed by atoms with Gasteiger partial charge in [-0.15, -0.1) is 0 Å². The van der Waals surface area contributed by atoms with Gasteiger partial charge in [-0.1, -0.05) is 31.9 Å². The monoisotopic (exact) mass is 374 g/mol. The number of rotatable bonds is 8. The summed E-state index contributed by atoms with van der Waals surface area (Å²) in [5.41, 5.74) is 2.50. The number of nitrogens with one attached hydrogen (secondary N) is 2. The van der Waals surface area contributed by atoms with Crippen LogP contribution in [0.25, 0.3) is 0 Å². The lowest BCUT2D eigenvalue weighted by atomic mass is 10.2. The van der Waals surface area contributed by atoms with Crippen LogP contribution in [-0.2, 0) is 10.0 Å². The van der Waals surface area contributed by atoms with Gasteiger partial charge < -0.3 is 5.32 Å². The lowest BCUT2D eigenvalue weighted by Crippen LogP contribution is -2.24. The maximum Gasteiger partial charge on any atom is 0.262 e. The van der Waals surface area contributed by atoms with Crippen LogP contribution >= 0.6 is 0 Å². The molecule has 0 fully saturated rings. The van der Waals surface area contributed by atoms with Crippen molar-refractivity contribution in [2.75, 3.05) is 11.3 Å². The van der Waals surface area contributed by atoms with Crippen molar-refractivity contribution in [1.29, 1.82) is 0 Å². The summed E-state index contributed by atoms with van der Waals surface area (Å²) in [6.45, 7) is 6.37. The third kappa shape index (κ3) is 5.33. The van der Waals surface area contributed by atoms with Crippen LogP contribution in [0.5, 0.6) is 0 Å². The maximum atomic E-state index is 12.6. The molecular weight excluding hydrogens is 348 g/mol. The molecule has 2 aromatic rings. The molecule has 0 spiro atoms. The van der Waals surface area contributed by atoms with Gasteiger partial charge in [0.15, 0.2) is 0 Å². The van der Waals surface area contributed by atoms with E-state index in [-0.39, 0.29) is 10.8 Å². The van der Waals surface area contributed by atoms with E-state index in [9.17, 15) is 13.2 Å². The van der Waals surface area contributed by atoms with Gasteiger partial charge in [0.2, 0.25) is 0 Å². The van der Waals surface area contributed by atoms with E-state index in [1.807, 2.05) is 13.0 Å². The number of aryl methyl sites for hydroxylation is 2. The zero-order chi connectivity index (χ0) is 19.2. The number of hydrogen-bond acceptors (Lipinski definition) is 3. The first-order valence-corrected chi connectivity index (χ1v) is 10.3. The fourth-order valence-electron chi connectivity index (χ4n) is 2.58. The molecule has 2 N–H and O–H groups in total. The number of amides is 1. The summed E-state index contributed by atoms with van der Waals surface area (Å²) in [7, 11) is -3.67. The number of carbonyl (C=O) groups excluding carboxylic acids is 1. The Morgan fingerprint density at radius 2 is 1.69 bits per heavy atom. The van der Waals surface area contributed by atoms with E-state index in [1.165, 1.54) is 0 Å². The lowest BCUT2D eigenvalue weighted by molar-refractivity contribution is 0.0953. The minimum absolute atomic E-state index is 0.148. The Kier molecular flexibility index (Phi) is 6.80. The lowest BCUT2D eigenvalue weighted by Gasteiger charge is -2.12. The van der Waals surface area contributed by atoms with E-state index < -0.39 is 10.0 Å². The van der Waals surface area contributed by atoms with Gasteiger partial charge in [-0.25, -0.2) is 8.42 Å². The summed E-state index contributed by atoms with van der Waals surface area (Å²) in [6.07, 6.45) is 3.14. The zero-order valence-electron chi connectivity index (χ0n) is 15.5. The van der Waals surface area contributed by atoms with Crippen LogP contribution in [0.3, 0.4) is 0 Å². The Bertz CT molecular complexity index is 859. The molecule has 5 nitrogen and oxygen atoms in total. The number of benzene rings is 2. The van der Waals surface area contributed by atoms with Crippen molar-refractivity contribution in [2.24, 2.45) is 0 Å². The molecule has 0 saturated carbocycles. The van der Waals surface area contributed by atoms with E-state index in [2.05, 4.69) is 17.0 Å². The van der Waals surface area contributed by atoms with E-state index in [0.29, 0.717) is 23.4 Å². The third-order valence-corrected chi connectivity index (χ3v) is 5.62. The Labute approximate surface area is 155 Å². The summed E-state index contributed by atoms with van der Waals surface area (Å²) in [5, 5.41) is 2.86. The minimum Gasteiger partial charge on any atom is -0.352 e. The number of sulfonamides is 1. The Morgan fingerprint density at radius 3 is 2.35 bits per heavy atom. The molecule has 0 unspecified atom stereocenters. The van der Waals surface area contributed by atoms with Crippen molar-refractivity contribution < 1.29 is 13.2 Å². The second kappa shape index (κ2) is 8.85. The zero-order valence-corrected chi connectivity index (χ0v) is 16.3. The predicted molar refractivity (Wildman–Crippen MR) is 105 cm³/mol. The topological polar surface area (TPSA) is 75.3 Å². The van der Waals surface area contributed by atoms with Crippen molar-refractivity contribution in [3.05, 3.63) is 59.2 Å². The first-order chi connectivity index (χ1) is 12.3. The summed E-state index contributed by atoms with van der Waals surface area (Å²) >= 11 is 0. The van der Waals surface area contributed by atoms with Gasteiger partial charge in [0.1, 0.15) is 0 Å². The molecule has 0 aliphatic heterocycles. The van der Waals surface area contributed by atoms with Crippen molar-refractivity contribution in [3.8, 4) is 0 Å². The SMILES string of the molecule is CCCCCNC(=O)c1ccc(NS(=O)(=O)c2cc(C)ccc2C)cc1. The first-order valence-electron chi connectivity index (χ1n) is 8.82. The standard InChI is InChI=1S/C20H26N2O3S/c1-4-5-6-13-21-20(23)17-9-11-18(12-10-17)22-26(24,25)19-14-15(2)7-8-16(19)3/h7-12,14,22H,4-6,13H2,1-3H3,(H,21,23). The third-order valence-electron chi connectivity index (χ3n) is 4.10. The van der Waals surface area contributed by atoms with Gasteiger partial charge in [-0.05, 0) is 61.7 Å². The second-order valence-corrected chi connectivity index (χ2v) is 8.07. The maximum absolute atomic E-state index is 12.6. The summed E-state index contributed by atoms with van der Waals surface area (Å²) < 4.78 is 27.8. The molecule has 0 aromatic heterocycles. The van der Waals surface area contributed by atoms with Gasteiger partial charge in [-0.3, -0.25) is 9.52 Å². The van der Waals surface area contributed by atoms with Crippen molar-refractivity contribution in [3.63, 3.8) is 0 Å². The quantitative estimate of drug-likeness (QED) is 0.685.